The number of hydrogen-bond donors (Lipinski definition) is 1. The molecule has 9 atom stereocenters. The predicted octanol–water partition coefficient (Wildman–Crippen LogP) is 7.10. The number of aromatic hydroxyl groups is 1. The van der Waals surface area contributed by atoms with Crippen molar-refractivity contribution in [3.05, 3.63) is 28.8 Å². The van der Waals surface area contributed by atoms with Crippen molar-refractivity contribution in [3.8, 4) is 5.75 Å². The van der Waals surface area contributed by atoms with E-state index < -0.39 is 0 Å². The van der Waals surface area contributed by atoms with Crippen LogP contribution >= 0.6 is 0 Å². The van der Waals surface area contributed by atoms with Gasteiger partial charge in [-0.15, -0.1) is 0 Å². The maximum Gasteiger partial charge on any atom is 0.122 e. The Balaban J connectivity index is 1.32. The molecule has 1 aromatic carbocycles. The molecule has 150 valence electrons. The summed E-state index contributed by atoms with van der Waals surface area (Å²) in [6.07, 6.45) is 17.2. The van der Waals surface area contributed by atoms with Gasteiger partial charge in [0.2, 0.25) is 0 Å². The molecule has 0 radical (unpaired) electrons. The molecule has 0 amide bonds. The number of phenols is 1. The maximum atomic E-state index is 11.6. The van der Waals surface area contributed by atoms with E-state index in [0.717, 1.165) is 47.2 Å². The van der Waals surface area contributed by atoms with Crippen molar-refractivity contribution in [3.63, 3.8) is 0 Å². The molecule has 9 unspecified atom stereocenters. The molecule has 0 spiro atoms. The Hall–Kier alpha value is -0.980. The summed E-state index contributed by atoms with van der Waals surface area (Å²) in [7, 11) is 0. The van der Waals surface area contributed by atoms with Crippen LogP contribution in [-0.2, 0) is 0 Å². The summed E-state index contributed by atoms with van der Waals surface area (Å²) in [6.45, 7) is 0. The first-order valence-electron chi connectivity index (χ1n) is 12.6. The highest BCUT2D eigenvalue weighted by molar-refractivity contribution is 5.50. The van der Waals surface area contributed by atoms with E-state index in [9.17, 15) is 5.11 Å². The third kappa shape index (κ3) is 2.37. The molecule has 7 rings (SSSR count). The Morgan fingerprint density at radius 2 is 0.964 bits per heavy atom. The number of benzene rings is 1. The number of phenolic OH excluding ortho intramolecular Hbond substituents is 1. The molecule has 1 N–H and O–H groups in total. The van der Waals surface area contributed by atoms with Gasteiger partial charge in [0, 0.05) is 0 Å². The van der Waals surface area contributed by atoms with E-state index in [2.05, 4.69) is 12.1 Å². The van der Waals surface area contributed by atoms with Gasteiger partial charge in [-0.05, 0) is 128 Å². The minimum atomic E-state index is 0.662. The van der Waals surface area contributed by atoms with E-state index in [4.69, 9.17) is 0 Å². The summed E-state index contributed by atoms with van der Waals surface area (Å²) < 4.78 is 0. The largest absolute Gasteiger partial charge is 0.507 e. The quantitative estimate of drug-likeness (QED) is 0.596. The van der Waals surface area contributed by atoms with Crippen molar-refractivity contribution in [2.75, 3.05) is 0 Å². The van der Waals surface area contributed by atoms with Gasteiger partial charge in [0.25, 0.3) is 0 Å². The molecule has 28 heavy (non-hydrogen) atoms. The Kier molecular flexibility index (Phi) is 3.61. The number of rotatable bonds is 3. The third-order valence-electron chi connectivity index (χ3n) is 10.6. The summed E-state index contributed by atoms with van der Waals surface area (Å²) in [6, 6.07) is 5.06. The zero-order valence-electron chi connectivity index (χ0n) is 17.3. The Labute approximate surface area is 170 Å². The lowest BCUT2D eigenvalue weighted by Crippen LogP contribution is -2.15. The highest BCUT2D eigenvalue weighted by atomic mass is 16.3. The first kappa shape index (κ1) is 16.8. The van der Waals surface area contributed by atoms with Crippen LogP contribution in [-0.4, -0.2) is 5.11 Å². The van der Waals surface area contributed by atoms with Gasteiger partial charge in [-0.2, -0.15) is 0 Å². The van der Waals surface area contributed by atoms with E-state index in [1.54, 1.807) is 5.56 Å². The molecule has 6 aliphatic carbocycles. The minimum Gasteiger partial charge on any atom is -0.507 e. The standard InChI is InChI=1S/C27H36O/c28-27-25(23-11-16-2-5-19(23)8-16)13-21(22-10-15-1-4-18(22)7-15)14-26(27)24-12-17-3-6-20(24)9-17/h13-20,22-24,28H,1-12H2. The SMILES string of the molecule is Oc1c(C2CC3CCC2C3)cc(C2CC3CCC2C3)cc1C1CC2CCC1C2. The number of hydrogen-bond acceptors (Lipinski definition) is 1. The Morgan fingerprint density at radius 1 is 0.536 bits per heavy atom. The van der Waals surface area contributed by atoms with Crippen LogP contribution in [0, 0.1) is 35.5 Å². The van der Waals surface area contributed by atoms with Crippen molar-refractivity contribution < 1.29 is 5.11 Å². The Bertz CT molecular complexity index is 746. The highest BCUT2D eigenvalue weighted by Crippen LogP contribution is 2.60. The topological polar surface area (TPSA) is 20.2 Å². The fourth-order valence-corrected chi connectivity index (χ4v) is 9.39. The minimum absolute atomic E-state index is 0.662. The fourth-order valence-electron chi connectivity index (χ4n) is 9.39. The van der Waals surface area contributed by atoms with Crippen LogP contribution in [0.3, 0.4) is 0 Å². The smallest absolute Gasteiger partial charge is 0.122 e. The average molecular weight is 377 g/mol. The van der Waals surface area contributed by atoms with Gasteiger partial charge in [-0.1, -0.05) is 31.4 Å². The molecule has 6 bridgehead atoms. The highest BCUT2D eigenvalue weighted by Gasteiger charge is 2.46. The van der Waals surface area contributed by atoms with Crippen LogP contribution in [0.5, 0.6) is 5.75 Å². The van der Waals surface area contributed by atoms with Gasteiger partial charge in [-0.3, -0.25) is 0 Å². The zero-order chi connectivity index (χ0) is 18.4. The van der Waals surface area contributed by atoms with Crippen LogP contribution in [0.4, 0.5) is 0 Å². The first-order valence-corrected chi connectivity index (χ1v) is 12.6. The van der Waals surface area contributed by atoms with Gasteiger partial charge in [-0.25, -0.2) is 0 Å². The summed E-state index contributed by atoms with van der Waals surface area (Å²) in [4.78, 5) is 0. The van der Waals surface area contributed by atoms with Crippen molar-refractivity contribution >= 4 is 0 Å². The van der Waals surface area contributed by atoms with Gasteiger partial charge >= 0.3 is 0 Å². The van der Waals surface area contributed by atoms with Crippen molar-refractivity contribution in [1.29, 1.82) is 0 Å². The third-order valence-corrected chi connectivity index (χ3v) is 10.6. The second-order valence-corrected chi connectivity index (χ2v) is 11.9. The molecule has 0 aliphatic heterocycles. The monoisotopic (exact) mass is 376 g/mol. The summed E-state index contributed by atoms with van der Waals surface area (Å²) in [5, 5.41) is 11.6. The molecule has 6 saturated carbocycles. The van der Waals surface area contributed by atoms with Crippen LogP contribution in [0.2, 0.25) is 0 Å². The van der Waals surface area contributed by atoms with Crippen LogP contribution < -0.4 is 0 Å². The lowest BCUT2D eigenvalue weighted by Gasteiger charge is -2.31. The molecule has 1 heteroatoms. The zero-order valence-corrected chi connectivity index (χ0v) is 17.3. The fraction of sp³-hybridized carbons (Fsp3) is 0.778. The van der Waals surface area contributed by atoms with Gasteiger partial charge < -0.3 is 5.11 Å². The summed E-state index contributed by atoms with van der Waals surface area (Å²) >= 11 is 0. The van der Waals surface area contributed by atoms with Crippen molar-refractivity contribution in [2.45, 2.75) is 94.8 Å². The molecular weight excluding hydrogens is 340 g/mol. The molecule has 1 aromatic rings. The van der Waals surface area contributed by atoms with Crippen molar-refractivity contribution in [1.82, 2.24) is 0 Å². The molecule has 6 fully saturated rings. The second-order valence-electron chi connectivity index (χ2n) is 11.9. The van der Waals surface area contributed by atoms with E-state index in [-0.39, 0.29) is 0 Å². The van der Waals surface area contributed by atoms with E-state index in [1.165, 1.54) is 88.2 Å². The lowest BCUT2D eigenvalue weighted by atomic mass is 9.75. The number of fused-ring (bicyclic) bond motifs is 6. The first-order chi connectivity index (χ1) is 13.7. The molecule has 0 saturated heterocycles. The van der Waals surface area contributed by atoms with E-state index in [0.29, 0.717) is 11.8 Å². The van der Waals surface area contributed by atoms with Crippen LogP contribution in [0.1, 0.15) is 111 Å². The van der Waals surface area contributed by atoms with E-state index in [1.807, 2.05) is 0 Å². The predicted molar refractivity (Wildman–Crippen MR) is 113 cm³/mol. The van der Waals surface area contributed by atoms with Crippen molar-refractivity contribution in [2.24, 2.45) is 35.5 Å². The lowest BCUT2D eigenvalue weighted by molar-refractivity contribution is 0.373. The maximum absolute atomic E-state index is 11.6. The molecule has 1 nitrogen and oxygen atoms in total. The second kappa shape index (κ2) is 6.02. The van der Waals surface area contributed by atoms with Crippen LogP contribution in [0.25, 0.3) is 0 Å². The molecule has 6 aliphatic rings. The molecule has 0 aromatic heterocycles. The molecular formula is C27H36O. The summed E-state index contributed by atoms with van der Waals surface area (Å²) in [5.41, 5.74) is 4.43. The van der Waals surface area contributed by atoms with E-state index >= 15 is 0 Å². The average Bonchev–Trinajstić information content (AvgIpc) is 3.55. The molecule has 0 heterocycles. The summed E-state index contributed by atoms with van der Waals surface area (Å²) in [5.74, 6) is 8.44. The van der Waals surface area contributed by atoms with Crippen LogP contribution in [0.15, 0.2) is 12.1 Å². The van der Waals surface area contributed by atoms with Gasteiger partial charge in [0.1, 0.15) is 5.75 Å². The Morgan fingerprint density at radius 3 is 1.32 bits per heavy atom. The van der Waals surface area contributed by atoms with Gasteiger partial charge in [0.15, 0.2) is 0 Å². The normalized spacial score (nSPS) is 48.2. The van der Waals surface area contributed by atoms with Gasteiger partial charge in [0.05, 0.1) is 0 Å².